The lowest BCUT2D eigenvalue weighted by Crippen LogP contribution is -1.99. The van der Waals surface area contributed by atoms with Gasteiger partial charge in [-0.05, 0) is 29.8 Å². The number of hydrogen-bond acceptors (Lipinski definition) is 4. The number of rotatable bonds is 5. The Balaban J connectivity index is 3.15. The first-order chi connectivity index (χ1) is 8.02. The van der Waals surface area contributed by atoms with Crippen LogP contribution in [0.5, 0.6) is 5.75 Å². The van der Waals surface area contributed by atoms with Crippen molar-refractivity contribution in [3.63, 3.8) is 0 Å². The highest BCUT2D eigenvalue weighted by atomic mass is 16.5. The molecule has 0 amide bonds. The molecule has 6 heteroatoms. The van der Waals surface area contributed by atoms with Crippen molar-refractivity contribution >= 4 is 24.5 Å². The van der Waals surface area contributed by atoms with Crippen LogP contribution in [0.3, 0.4) is 0 Å². The number of ether oxygens (including phenoxy) is 1. The first-order valence-electron chi connectivity index (χ1n) is 4.42. The summed E-state index contributed by atoms with van der Waals surface area (Å²) in [4.78, 5) is 31.2. The van der Waals surface area contributed by atoms with E-state index >= 15 is 0 Å². The summed E-state index contributed by atoms with van der Waals surface area (Å²) < 4.78 is 4.52. The molecule has 0 aliphatic heterocycles. The maximum absolute atomic E-state index is 10.8. The average Bonchev–Trinajstić information content (AvgIpc) is 2.26. The number of carboxylic acids is 2. The van der Waals surface area contributed by atoms with Crippen molar-refractivity contribution in [2.75, 3.05) is 0 Å². The molecular formula is C11H8O6. The van der Waals surface area contributed by atoms with Crippen molar-refractivity contribution < 1.29 is 29.3 Å². The van der Waals surface area contributed by atoms with E-state index in [9.17, 15) is 14.4 Å². The molecule has 0 atom stereocenters. The van der Waals surface area contributed by atoms with E-state index in [-0.39, 0.29) is 17.8 Å². The highest BCUT2D eigenvalue weighted by Gasteiger charge is 2.06. The minimum atomic E-state index is -1.20. The van der Waals surface area contributed by atoms with Crippen LogP contribution >= 0.6 is 0 Å². The average molecular weight is 236 g/mol. The number of aromatic carboxylic acids is 1. The Kier molecular flexibility index (Phi) is 3.99. The van der Waals surface area contributed by atoms with E-state index in [1.165, 1.54) is 18.2 Å². The van der Waals surface area contributed by atoms with Crippen LogP contribution in [0.1, 0.15) is 15.9 Å². The molecule has 0 unspecified atom stereocenters. The third kappa shape index (κ3) is 3.78. The van der Waals surface area contributed by atoms with Crippen LogP contribution < -0.4 is 4.74 Å². The molecule has 0 aliphatic rings. The first kappa shape index (κ1) is 12.4. The molecule has 0 spiro atoms. The minimum Gasteiger partial charge on any atom is -0.478 e. The van der Waals surface area contributed by atoms with E-state index in [2.05, 4.69) is 4.74 Å². The molecule has 0 saturated carbocycles. The fourth-order valence-electron chi connectivity index (χ4n) is 1.13. The van der Waals surface area contributed by atoms with Gasteiger partial charge in [0, 0.05) is 6.08 Å². The van der Waals surface area contributed by atoms with Crippen molar-refractivity contribution in [1.29, 1.82) is 0 Å². The summed E-state index contributed by atoms with van der Waals surface area (Å²) in [5.41, 5.74) is 0.207. The molecule has 0 aromatic heterocycles. The number of aliphatic carboxylic acids is 1. The van der Waals surface area contributed by atoms with Crippen LogP contribution in [-0.2, 0) is 9.59 Å². The smallest absolute Gasteiger partial charge is 0.335 e. The summed E-state index contributed by atoms with van der Waals surface area (Å²) in [5.74, 6) is -2.33. The largest absolute Gasteiger partial charge is 0.478 e. The molecule has 0 saturated heterocycles. The monoisotopic (exact) mass is 236 g/mol. The van der Waals surface area contributed by atoms with E-state index in [1.807, 2.05) is 0 Å². The Hall–Kier alpha value is -2.63. The molecule has 1 rings (SSSR count). The SMILES string of the molecule is O=COc1cc(C=CC(=O)O)cc(C(=O)O)c1. The summed E-state index contributed by atoms with van der Waals surface area (Å²) in [7, 11) is 0. The van der Waals surface area contributed by atoms with Gasteiger partial charge in [-0.15, -0.1) is 0 Å². The van der Waals surface area contributed by atoms with Gasteiger partial charge in [0.25, 0.3) is 6.47 Å². The Morgan fingerprint density at radius 2 is 1.88 bits per heavy atom. The number of carbonyl (C=O) groups is 3. The predicted octanol–water partition coefficient (Wildman–Crippen LogP) is 1.02. The first-order valence-corrected chi connectivity index (χ1v) is 4.42. The molecule has 2 N–H and O–H groups in total. The predicted molar refractivity (Wildman–Crippen MR) is 56.8 cm³/mol. The van der Waals surface area contributed by atoms with Crippen molar-refractivity contribution in [2.24, 2.45) is 0 Å². The van der Waals surface area contributed by atoms with Gasteiger partial charge in [0.2, 0.25) is 0 Å². The molecule has 0 bridgehead atoms. The maximum Gasteiger partial charge on any atom is 0.335 e. The van der Waals surface area contributed by atoms with Gasteiger partial charge >= 0.3 is 11.9 Å². The number of carbonyl (C=O) groups excluding carboxylic acids is 1. The molecule has 0 heterocycles. The molecule has 1 aromatic rings. The van der Waals surface area contributed by atoms with Gasteiger partial charge in [0.05, 0.1) is 5.56 Å². The zero-order valence-corrected chi connectivity index (χ0v) is 8.49. The molecule has 0 aliphatic carbocycles. The van der Waals surface area contributed by atoms with Crippen molar-refractivity contribution in [3.05, 3.63) is 35.4 Å². The van der Waals surface area contributed by atoms with Crippen LogP contribution in [0, 0.1) is 0 Å². The second-order valence-corrected chi connectivity index (χ2v) is 2.98. The topological polar surface area (TPSA) is 101 Å². The highest BCUT2D eigenvalue weighted by Crippen LogP contribution is 2.18. The third-order valence-electron chi connectivity index (χ3n) is 1.78. The summed E-state index contributed by atoms with van der Waals surface area (Å²) in [6, 6.07) is 3.77. The lowest BCUT2D eigenvalue weighted by molar-refractivity contribution is -0.131. The quantitative estimate of drug-likeness (QED) is 0.584. The molecule has 0 fully saturated rings. The summed E-state index contributed by atoms with van der Waals surface area (Å²) in [6.07, 6.45) is 2.05. The zero-order valence-electron chi connectivity index (χ0n) is 8.49. The third-order valence-corrected chi connectivity index (χ3v) is 1.78. The molecular weight excluding hydrogens is 228 g/mol. The second kappa shape index (κ2) is 5.45. The van der Waals surface area contributed by atoms with Gasteiger partial charge in [-0.2, -0.15) is 0 Å². The van der Waals surface area contributed by atoms with Gasteiger partial charge < -0.3 is 14.9 Å². The lowest BCUT2D eigenvalue weighted by Gasteiger charge is -2.02. The van der Waals surface area contributed by atoms with E-state index in [4.69, 9.17) is 10.2 Å². The molecule has 0 radical (unpaired) electrons. The maximum atomic E-state index is 10.8. The van der Waals surface area contributed by atoms with Gasteiger partial charge in [-0.1, -0.05) is 0 Å². The highest BCUT2D eigenvalue weighted by molar-refractivity contribution is 5.90. The zero-order chi connectivity index (χ0) is 12.8. The minimum absolute atomic E-state index is 0.0324. The summed E-state index contributed by atoms with van der Waals surface area (Å²) >= 11 is 0. The van der Waals surface area contributed by atoms with Gasteiger partial charge in [-0.25, -0.2) is 9.59 Å². The van der Waals surface area contributed by atoms with Gasteiger partial charge in [0.15, 0.2) is 0 Å². The standard InChI is InChI=1S/C11H8O6/c12-6-17-9-4-7(1-2-10(13)14)3-8(5-9)11(15)16/h1-6H,(H,13,14)(H,15,16). The Bertz CT molecular complexity index is 489. The fraction of sp³-hybridized carbons (Fsp3) is 0. The van der Waals surface area contributed by atoms with Crippen LogP contribution in [0.15, 0.2) is 24.3 Å². The lowest BCUT2D eigenvalue weighted by atomic mass is 10.1. The number of carboxylic acid groups (broad SMARTS) is 2. The van der Waals surface area contributed by atoms with Crippen LogP contribution in [0.2, 0.25) is 0 Å². The molecule has 1 aromatic carbocycles. The van der Waals surface area contributed by atoms with Crippen molar-refractivity contribution in [3.8, 4) is 5.75 Å². The van der Waals surface area contributed by atoms with Gasteiger partial charge in [0.1, 0.15) is 5.75 Å². The summed E-state index contributed by atoms with van der Waals surface area (Å²) in [5, 5.41) is 17.2. The molecule has 88 valence electrons. The fourth-order valence-corrected chi connectivity index (χ4v) is 1.13. The number of benzene rings is 1. The molecule has 17 heavy (non-hydrogen) atoms. The normalized spacial score (nSPS) is 10.1. The summed E-state index contributed by atoms with van der Waals surface area (Å²) in [6.45, 7) is 0.158. The van der Waals surface area contributed by atoms with Crippen LogP contribution in [-0.4, -0.2) is 28.6 Å². The van der Waals surface area contributed by atoms with Gasteiger partial charge in [-0.3, -0.25) is 4.79 Å². The molecule has 6 nitrogen and oxygen atoms in total. The second-order valence-electron chi connectivity index (χ2n) is 2.98. The Morgan fingerprint density at radius 3 is 2.41 bits per heavy atom. The van der Waals surface area contributed by atoms with E-state index in [0.717, 1.165) is 12.1 Å². The number of hydrogen-bond donors (Lipinski definition) is 2. The Morgan fingerprint density at radius 1 is 1.18 bits per heavy atom. The van der Waals surface area contributed by atoms with Crippen LogP contribution in [0.25, 0.3) is 6.08 Å². The van der Waals surface area contributed by atoms with Crippen molar-refractivity contribution in [1.82, 2.24) is 0 Å². The van der Waals surface area contributed by atoms with E-state index in [1.54, 1.807) is 0 Å². The Labute approximate surface area is 95.8 Å². The van der Waals surface area contributed by atoms with Crippen molar-refractivity contribution in [2.45, 2.75) is 0 Å². The van der Waals surface area contributed by atoms with E-state index < -0.39 is 11.9 Å². The van der Waals surface area contributed by atoms with Crippen LogP contribution in [0.4, 0.5) is 0 Å². The van der Waals surface area contributed by atoms with E-state index in [0.29, 0.717) is 5.56 Å².